The third-order valence-electron chi connectivity index (χ3n) is 3.09. The SMILES string of the molecule is CCCC(CC)Oc1ccc2ccccc2c1. The Bertz CT molecular complexity index is 476. The van der Waals surface area contributed by atoms with Gasteiger partial charge in [-0.25, -0.2) is 0 Å². The summed E-state index contributed by atoms with van der Waals surface area (Å²) in [6.45, 7) is 4.38. The Morgan fingerprint density at radius 3 is 2.47 bits per heavy atom. The Morgan fingerprint density at radius 2 is 1.76 bits per heavy atom. The van der Waals surface area contributed by atoms with E-state index in [4.69, 9.17) is 4.74 Å². The van der Waals surface area contributed by atoms with E-state index in [1.54, 1.807) is 0 Å². The molecule has 90 valence electrons. The summed E-state index contributed by atoms with van der Waals surface area (Å²) in [5.41, 5.74) is 0. The largest absolute Gasteiger partial charge is 0.490 e. The van der Waals surface area contributed by atoms with Gasteiger partial charge in [-0.1, -0.05) is 50.6 Å². The standard InChI is InChI=1S/C16H20O/c1-3-7-15(4-2)17-16-11-10-13-8-5-6-9-14(13)12-16/h5-6,8-12,15H,3-4,7H2,1-2H3. The molecule has 0 aliphatic heterocycles. The van der Waals surface area contributed by atoms with Crippen molar-refractivity contribution in [1.29, 1.82) is 0 Å². The Kier molecular flexibility index (Phi) is 4.03. The number of rotatable bonds is 5. The van der Waals surface area contributed by atoms with Crippen LogP contribution in [-0.4, -0.2) is 6.10 Å². The van der Waals surface area contributed by atoms with E-state index in [2.05, 4.69) is 56.3 Å². The van der Waals surface area contributed by atoms with E-state index in [0.717, 1.165) is 18.6 Å². The highest BCUT2D eigenvalue weighted by molar-refractivity contribution is 5.83. The van der Waals surface area contributed by atoms with Gasteiger partial charge in [0.05, 0.1) is 6.10 Å². The summed E-state index contributed by atoms with van der Waals surface area (Å²) in [7, 11) is 0. The fourth-order valence-corrected chi connectivity index (χ4v) is 2.10. The summed E-state index contributed by atoms with van der Waals surface area (Å²) < 4.78 is 6.01. The van der Waals surface area contributed by atoms with Gasteiger partial charge in [-0.3, -0.25) is 0 Å². The number of fused-ring (bicyclic) bond motifs is 1. The van der Waals surface area contributed by atoms with Gasteiger partial charge < -0.3 is 4.74 Å². The van der Waals surface area contributed by atoms with Crippen molar-refractivity contribution in [3.63, 3.8) is 0 Å². The summed E-state index contributed by atoms with van der Waals surface area (Å²) >= 11 is 0. The summed E-state index contributed by atoms with van der Waals surface area (Å²) in [5.74, 6) is 0.990. The Morgan fingerprint density at radius 1 is 1.00 bits per heavy atom. The Balaban J connectivity index is 2.18. The predicted molar refractivity (Wildman–Crippen MR) is 73.6 cm³/mol. The molecule has 0 aromatic heterocycles. The van der Waals surface area contributed by atoms with Crippen molar-refractivity contribution in [2.24, 2.45) is 0 Å². The van der Waals surface area contributed by atoms with Crippen LogP contribution in [0, 0.1) is 0 Å². The van der Waals surface area contributed by atoms with Crippen LogP contribution in [0.25, 0.3) is 10.8 Å². The van der Waals surface area contributed by atoms with Gasteiger partial charge in [0, 0.05) is 0 Å². The van der Waals surface area contributed by atoms with Crippen molar-refractivity contribution in [2.45, 2.75) is 39.2 Å². The smallest absolute Gasteiger partial charge is 0.120 e. The first-order valence-electron chi connectivity index (χ1n) is 6.49. The van der Waals surface area contributed by atoms with E-state index >= 15 is 0 Å². The van der Waals surface area contributed by atoms with Crippen LogP contribution >= 0.6 is 0 Å². The molecule has 1 atom stereocenters. The molecule has 0 heterocycles. The summed E-state index contributed by atoms with van der Waals surface area (Å²) in [6, 6.07) is 14.7. The molecule has 0 saturated carbocycles. The van der Waals surface area contributed by atoms with Crippen LogP contribution in [0.15, 0.2) is 42.5 Å². The van der Waals surface area contributed by atoms with Crippen molar-refractivity contribution in [2.75, 3.05) is 0 Å². The molecule has 0 amide bonds. The minimum Gasteiger partial charge on any atom is -0.490 e. The second-order valence-electron chi connectivity index (χ2n) is 4.45. The normalized spacial score (nSPS) is 12.6. The van der Waals surface area contributed by atoms with Crippen LogP contribution in [0.4, 0.5) is 0 Å². The minimum atomic E-state index is 0.348. The number of hydrogen-bond acceptors (Lipinski definition) is 1. The van der Waals surface area contributed by atoms with Gasteiger partial charge in [0.1, 0.15) is 5.75 Å². The highest BCUT2D eigenvalue weighted by Crippen LogP contribution is 2.22. The fraction of sp³-hybridized carbons (Fsp3) is 0.375. The molecular weight excluding hydrogens is 208 g/mol. The molecular formula is C16H20O. The van der Waals surface area contributed by atoms with E-state index in [0.29, 0.717) is 6.10 Å². The lowest BCUT2D eigenvalue weighted by atomic mass is 10.1. The van der Waals surface area contributed by atoms with E-state index in [9.17, 15) is 0 Å². The monoisotopic (exact) mass is 228 g/mol. The van der Waals surface area contributed by atoms with Gasteiger partial charge in [0.15, 0.2) is 0 Å². The van der Waals surface area contributed by atoms with Crippen LogP contribution in [-0.2, 0) is 0 Å². The summed E-state index contributed by atoms with van der Waals surface area (Å²) in [5, 5.41) is 2.51. The molecule has 0 aliphatic rings. The molecule has 17 heavy (non-hydrogen) atoms. The van der Waals surface area contributed by atoms with Crippen LogP contribution in [0.5, 0.6) is 5.75 Å². The molecule has 0 fully saturated rings. The van der Waals surface area contributed by atoms with Gasteiger partial charge in [0.2, 0.25) is 0 Å². The van der Waals surface area contributed by atoms with Crippen LogP contribution in [0.3, 0.4) is 0 Å². The van der Waals surface area contributed by atoms with Gasteiger partial charge in [-0.2, -0.15) is 0 Å². The summed E-state index contributed by atoms with van der Waals surface area (Å²) in [4.78, 5) is 0. The molecule has 2 aromatic carbocycles. The molecule has 0 spiro atoms. The lowest BCUT2D eigenvalue weighted by molar-refractivity contribution is 0.186. The second kappa shape index (κ2) is 5.72. The fourth-order valence-electron chi connectivity index (χ4n) is 2.10. The van der Waals surface area contributed by atoms with Crippen molar-refractivity contribution in [3.05, 3.63) is 42.5 Å². The molecule has 2 rings (SSSR count). The quantitative estimate of drug-likeness (QED) is 0.714. The number of ether oxygens (including phenoxy) is 1. The molecule has 0 aliphatic carbocycles. The van der Waals surface area contributed by atoms with Gasteiger partial charge in [-0.15, -0.1) is 0 Å². The average Bonchev–Trinajstić information content (AvgIpc) is 2.38. The molecule has 0 radical (unpaired) electrons. The molecule has 1 heteroatoms. The molecule has 0 saturated heterocycles. The number of benzene rings is 2. The first kappa shape index (κ1) is 12.0. The van der Waals surface area contributed by atoms with Gasteiger partial charge >= 0.3 is 0 Å². The Hall–Kier alpha value is -1.50. The zero-order chi connectivity index (χ0) is 12.1. The van der Waals surface area contributed by atoms with E-state index in [1.807, 2.05) is 0 Å². The van der Waals surface area contributed by atoms with E-state index < -0.39 is 0 Å². The number of hydrogen-bond donors (Lipinski definition) is 0. The summed E-state index contributed by atoms with van der Waals surface area (Å²) in [6.07, 6.45) is 3.72. The third-order valence-corrected chi connectivity index (χ3v) is 3.09. The first-order valence-corrected chi connectivity index (χ1v) is 6.49. The highest BCUT2D eigenvalue weighted by Gasteiger charge is 2.06. The molecule has 0 bridgehead atoms. The molecule has 1 unspecified atom stereocenters. The van der Waals surface area contributed by atoms with Crippen LogP contribution < -0.4 is 4.74 Å². The lowest BCUT2D eigenvalue weighted by Gasteiger charge is -2.17. The molecule has 1 nitrogen and oxygen atoms in total. The second-order valence-corrected chi connectivity index (χ2v) is 4.45. The van der Waals surface area contributed by atoms with Crippen LogP contribution in [0.2, 0.25) is 0 Å². The van der Waals surface area contributed by atoms with Crippen molar-refractivity contribution < 1.29 is 4.74 Å². The van der Waals surface area contributed by atoms with Crippen molar-refractivity contribution in [3.8, 4) is 5.75 Å². The molecule has 0 N–H and O–H groups in total. The van der Waals surface area contributed by atoms with E-state index in [1.165, 1.54) is 17.2 Å². The minimum absolute atomic E-state index is 0.348. The maximum atomic E-state index is 6.01. The van der Waals surface area contributed by atoms with Crippen molar-refractivity contribution in [1.82, 2.24) is 0 Å². The van der Waals surface area contributed by atoms with Crippen molar-refractivity contribution >= 4 is 10.8 Å². The Labute approximate surface area is 103 Å². The zero-order valence-corrected chi connectivity index (χ0v) is 10.6. The average molecular weight is 228 g/mol. The van der Waals surface area contributed by atoms with Gasteiger partial charge in [-0.05, 0) is 35.7 Å². The topological polar surface area (TPSA) is 9.23 Å². The lowest BCUT2D eigenvalue weighted by Crippen LogP contribution is -2.14. The maximum Gasteiger partial charge on any atom is 0.120 e. The highest BCUT2D eigenvalue weighted by atomic mass is 16.5. The first-order chi connectivity index (χ1) is 8.33. The van der Waals surface area contributed by atoms with E-state index in [-0.39, 0.29) is 0 Å². The van der Waals surface area contributed by atoms with Crippen LogP contribution in [0.1, 0.15) is 33.1 Å². The maximum absolute atomic E-state index is 6.01. The predicted octanol–water partition coefficient (Wildman–Crippen LogP) is 4.80. The van der Waals surface area contributed by atoms with Gasteiger partial charge in [0.25, 0.3) is 0 Å². The zero-order valence-electron chi connectivity index (χ0n) is 10.6. The third kappa shape index (κ3) is 3.00. The molecule has 2 aromatic rings.